The Hall–Kier alpha value is -2.88. The molecule has 3 aromatic carbocycles. The number of rotatable bonds is 11. The Labute approximate surface area is 238 Å². The maximum absolute atomic E-state index is 13.8. The van der Waals surface area contributed by atoms with E-state index in [2.05, 4.69) is 21.2 Å². The summed E-state index contributed by atoms with van der Waals surface area (Å²) in [5.41, 5.74) is 1.87. The highest BCUT2D eigenvalue weighted by Gasteiger charge is 2.33. The Morgan fingerprint density at radius 2 is 1.63 bits per heavy atom. The number of nitrogens with zero attached hydrogens (tertiary/aromatic N) is 2. The van der Waals surface area contributed by atoms with E-state index >= 15 is 0 Å². The van der Waals surface area contributed by atoms with Crippen LogP contribution in [0.2, 0.25) is 5.02 Å². The van der Waals surface area contributed by atoms with Crippen LogP contribution in [0.5, 0.6) is 0 Å². The fraction of sp³-hybridized carbons (Fsp3) is 0.286. The summed E-state index contributed by atoms with van der Waals surface area (Å²) in [4.78, 5) is 28.2. The summed E-state index contributed by atoms with van der Waals surface area (Å²) >= 11 is 9.82. The molecule has 10 heteroatoms. The molecule has 0 aromatic heterocycles. The van der Waals surface area contributed by atoms with E-state index in [1.54, 1.807) is 43.3 Å². The minimum absolute atomic E-state index is 0.0315. The second-order valence-corrected chi connectivity index (χ2v) is 12.1. The lowest BCUT2D eigenvalue weighted by molar-refractivity contribution is -0.139. The van der Waals surface area contributed by atoms with Crippen LogP contribution in [0.4, 0.5) is 5.69 Å². The number of anilines is 1. The van der Waals surface area contributed by atoms with Gasteiger partial charge in [-0.3, -0.25) is 13.9 Å². The van der Waals surface area contributed by atoms with Crippen molar-refractivity contribution < 1.29 is 18.0 Å². The van der Waals surface area contributed by atoms with Gasteiger partial charge in [-0.1, -0.05) is 76.4 Å². The number of carbonyl (C=O) groups excluding carboxylic acids is 2. The number of nitrogens with one attached hydrogen (secondary N) is 1. The van der Waals surface area contributed by atoms with Gasteiger partial charge < -0.3 is 10.2 Å². The van der Waals surface area contributed by atoms with Gasteiger partial charge in [-0.15, -0.1) is 0 Å². The van der Waals surface area contributed by atoms with Crippen LogP contribution in [0.15, 0.2) is 82.2 Å². The molecule has 0 spiro atoms. The number of amides is 2. The highest BCUT2D eigenvalue weighted by atomic mass is 79.9. The average molecular weight is 621 g/mol. The molecule has 0 heterocycles. The summed E-state index contributed by atoms with van der Waals surface area (Å²) in [5.74, 6) is -0.856. The van der Waals surface area contributed by atoms with Crippen molar-refractivity contribution in [1.29, 1.82) is 0 Å². The van der Waals surface area contributed by atoms with Crippen LogP contribution in [0, 0.1) is 6.92 Å². The summed E-state index contributed by atoms with van der Waals surface area (Å²) in [6.07, 6.45) is 0.744. The van der Waals surface area contributed by atoms with E-state index in [4.69, 9.17) is 11.6 Å². The van der Waals surface area contributed by atoms with Crippen molar-refractivity contribution in [3.05, 3.63) is 93.4 Å². The van der Waals surface area contributed by atoms with Crippen LogP contribution in [-0.2, 0) is 26.2 Å². The lowest BCUT2D eigenvalue weighted by Crippen LogP contribution is -2.51. The molecule has 202 valence electrons. The third-order valence-corrected chi connectivity index (χ3v) is 8.61. The van der Waals surface area contributed by atoms with E-state index in [0.29, 0.717) is 6.54 Å². The first-order valence-electron chi connectivity index (χ1n) is 12.2. The molecule has 0 fully saturated rings. The molecule has 0 aliphatic rings. The zero-order valence-corrected chi connectivity index (χ0v) is 24.7. The van der Waals surface area contributed by atoms with Gasteiger partial charge in [0.2, 0.25) is 11.8 Å². The second kappa shape index (κ2) is 13.3. The van der Waals surface area contributed by atoms with Gasteiger partial charge in [0, 0.05) is 17.6 Å². The molecule has 2 amide bonds. The van der Waals surface area contributed by atoms with Gasteiger partial charge in [-0.05, 0) is 62.2 Å². The summed E-state index contributed by atoms with van der Waals surface area (Å²) in [6.45, 7) is 5.48. The van der Waals surface area contributed by atoms with Crippen molar-refractivity contribution in [2.24, 2.45) is 0 Å². The molecule has 1 atom stereocenters. The molecule has 0 radical (unpaired) electrons. The van der Waals surface area contributed by atoms with Crippen molar-refractivity contribution in [3.8, 4) is 0 Å². The maximum Gasteiger partial charge on any atom is 0.264 e. The highest BCUT2D eigenvalue weighted by Crippen LogP contribution is 2.31. The Kier molecular flexibility index (Phi) is 10.4. The zero-order valence-electron chi connectivity index (χ0n) is 21.5. The first-order chi connectivity index (χ1) is 18.0. The van der Waals surface area contributed by atoms with Crippen LogP contribution in [0.3, 0.4) is 0 Å². The standard InChI is InChI=1S/C28H31BrClN3O4S/c1-4-17-31-28(35)21(3)32(18-22-11-13-23(29)14-12-22)27(34)19-33(26-8-6-5-7-25(26)30)38(36,37)24-15-9-20(2)10-16-24/h5-16,21H,4,17-19H2,1-3H3,(H,31,35)/t21-/m1/s1. The minimum Gasteiger partial charge on any atom is -0.354 e. The Morgan fingerprint density at radius 1 is 1.00 bits per heavy atom. The maximum atomic E-state index is 13.8. The number of benzene rings is 3. The van der Waals surface area contributed by atoms with Crippen molar-refractivity contribution in [2.75, 3.05) is 17.4 Å². The van der Waals surface area contributed by atoms with Gasteiger partial charge in [-0.2, -0.15) is 0 Å². The van der Waals surface area contributed by atoms with E-state index in [1.165, 1.54) is 17.0 Å². The van der Waals surface area contributed by atoms with Crippen molar-refractivity contribution in [1.82, 2.24) is 10.2 Å². The van der Waals surface area contributed by atoms with E-state index in [9.17, 15) is 18.0 Å². The molecular formula is C28H31BrClN3O4S. The minimum atomic E-state index is -4.17. The summed E-state index contributed by atoms with van der Waals surface area (Å²) in [7, 11) is -4.17. The summed E-state index contributed by atoms with van der Waals surface area (Å²) in [6, 6.07) is 19.4. The van der Waals surface area contributed by atoms with Gasteiger partial charge in [-0.25, -0.2) is 8.42 Å². The first kappa shape index (κ1) is 29.7. The van der Waals surface area contributed by atoms with E-state index in [1.807, 2.05) is 38.1 Å². The number of sulfonamides is 1. The first-order valence-corrected chi connectivity index (χ1v) is 14.8. The van der Waals surface area contributed by atoms with E-state index in [0.717, 1.165) is 26.3 Å². The number of para-hydroxylation sites is 1. The summed E-state index contributed by atoms with van der Waals surface area (Å²) < 4.78 is 29.5. The molecular weight excluding hydrogens is 590 g/mol. The van der Waals surface area contributed by atoms with E-state index in [-0.39, 0.29) is 28.1 Å². The lowest BCUT2D eigenvalue weighted by atomic mass is 10.1. The third kappa shape index (κ3) is 7.36. The fourth-order valence-electron chi connectivity index (χ4n) is 3.77. The van der Waals surface area contributed by atoms with Gasteiger partial charge in [0.1, 0.15) is 12.6 Å². The van der Waals surface area contributed by atoms with Gasteiger partial charge in [0.25, 0.3) is 10.0 Å². The van der Waals surface area contributed by atoms with Crippen molar-refractivity contribution in [3.63, 3.8) is 0 Å². The number of aryl methyl sites for hydroxylation is 1. The van der Waals surface area contributed by atoms with Gasteiger partial charge in [0.05, 0.1) is 15.6 Å². The third-order valence-electron chi connectivity index (χ3n) is 5.99. The predicted molar refractivity (Wildman–Crippen MR) is 155 cm³/mol. The number of hydrogen-bond donors (Lipinski definition) is 1. The van der Waals surface area contributed by atoms with Crippen molar-refractivity contribution >= 4 is 55.1 Å². The van der Waals surface area contributed by atoms with Crippen LogP contribution in [0.25, 0.3) is 0 Å². The van der Waals surface area contributed by atoms with E-state index < -0.39 is 28.5 Å². The Morgan fingerprint density at radius 3 is 2.24 bits per heavy atom. The normalized spacial score (nSPS) is 12.0. The van der Waals surface area contributed by atoms with Crippen LogP contribution < -0.4 is 9.62 Å². The number of carbonyl (C=O) groups is 2. The van der Waals surface area contributed by atoms with Gasteiger partial charge in [0.15, 0.2) is 0 Å². The monoisotopic (exact) mass is 619 g/mol. The lowest BCUT2D eigenvalue weighted by Gasteiger charge is -2.32. The molecule has 0 saturated carbocycles. The molecule has 0 aliphatic heterocycles. The molecule has 7 nitrogen and oxygen atoms in total. The van der Waals surface area contributed by atoms with Crippen molar-refractivity contribution in [2.45, 2.75) is 44.7 Å². The van der Waals surface area contributed by atoms with Crippen LogP contribution in [0.1, 0.15) is 31.4 Å². The topological polar surface area (TPSA) is 86.8 Å². The SMILES string of the molecule is CCCNC(=O)[C@@H](C)N(Cc1ccc(Br)cc1)C(=O)CN(c1ccccc1Cl)S(=O)(=O)c1ccc(C)cc1. The molecule has 0 bridgehead atoms. The predicted octanol–water partition coefficient (Wildman–Crippen LogP) is 5.55. The number of hydrogen-bond acceptors (Lipinski definition) is 4. The molecule has 3 aromatic rings. The van der Waals surface area contributed by atoms with Crippen LogP contribution in [-0.4, -0.2) is 44.3 Å². The summed E-state index contributed by atoms with van der Waals surface area (Å²) in [5, 5.41) is 3.01. The van der Waals surface area contributed by atoms with Crippen LogP contribution >= 0.6 is 27.5 Å². The Bertz CT molecular complexity index is 1370. The molecule has 0 unspecified atom stereocenters. The largest absolute Gasteiger partial charge is 0.354 e. The second-order valence-electron chi connectivity index (χ2n) is 8.89. The average Bonchev–Trinajstić information content (AvgIpc) is 2.90. The smallest absolute Gasteiger partial charge is 0.264 e. The van der Waals surface area contributed by atoms with Gasteiger partial charge >= 0.3 is 0 Å². The zero-order chi connectivity index (χ0) is 27.9. The molecule has 0 saturated heterocycles. The molecule has 0 aliphatic carbocycles. The quantitative estimate of drug-likeness (QED) is 0.305. The number of halogens is 2. The highest BCUT2D eigenvalue weighted by molar-refractivity contribution is 9.10. The molecule has 1 N–H and O–H groups in total. The molecule has 3 rings (SSSR count). The fourth-order valence-corrected chi connectivity index (χ4v) is 5.76. The molecule has 38 heavy (non-hydrogen) atoms. The Balaban J connectivity index is 2.02.